The number of carbonyl (C=O) groups is 1. The third-order valence-electron chi connectivity index (χ3n) is 3.18. The second-order valence-corrected chi connectivity index (χ2v) is 6.59. The fourth-order valence-corrected chi connectivity index (χ4v) is 3.04. The predicted molar refractivity (Wildman–Crippen MR) is 92.8 cm³/mol. The molecule has 0 aliphatic carbocycles. The minimum atomic E-state index is -3.69. The molecule has 0 aliphatic heterocycles. The molecule has 0 saturated carbocycles. The Hall–Kier alpha value is -2.64. The number of methoxy groups -OCH3 is 1. The van der Waals surface area contributed by atoms with Crippen LogP contribution in [-0.4, -0.2) is 28.0 Å². The molecule has 0 heterocycles. The van der Waals surface area contributed by atoms with Crippen molar-refractivity contribution in [3.8, 4) is 5.75 Å². The highest BCUT2D eigenvalue weighted by Gasteiger charge is 2.16. The van der Waals surface area contributed by atoms with Crippen LogP contribution in [0.1, 0.15) is 10.4 Å². The zero-order valence-corrected chi connectivity index (χ0v) is 14.0. The first kappa shape index (κ1) is 17.7. The van der Waals surface area contributed by atoms with Crippen LogP contribution >= 0.6 is 0 Å². The van der Waals surface area contributed by atoms with Crippen LogP contribution in [0.5, 0.6) is 5.75 Å². The van der Waals surface area contributed by atoms with E-state index in [1.54, 1.807) is 24.3 Å². The van der Waals surface area contributed by atoms with Crippen LogP contribution in [0.25, 0.3) is 0 Å². The van der Waals surface area contributed by atoms with Gasteiger partial charge in [-0.3, -0.25) is 4.79 Å². The fourth-order valence-electron chi connectivity index (χ4n) is 2.00. The quantitative estimate of drug-likeness (QED) is 0.754. The van der Waals surface area contributed by atoms with E-state index in [2.05, 4.69) is 16.6 Å². The van der Waals surface area contributed by atoms with Gasteiger partial charge in [-0.25, -0.2) is 13.1 Å². The summed E-state index contributed by atoms with van der Waals surface area (Å²) in [6.07, 6.45) is 1.44. The highest BCUT2D eigenvalue weighted by atomic mass is 32.2. The van der Waals surface area contributed by atoms with E-state index >= 15 is 0 Å². The highest BCUT2D eigenvalue weighted by Crippen LogP contribution is 2.24. The molecule has 0 radical (unpaired) electrons. The molecule has 0 aromatic heterocycles. The third-order valence-corrected chi connectivity index (χ3v) is 4.60. The number of rotatable bonds is 7. The van der Waals surface area contributed by atoms with Gasteiger partial charge in [-0.15, -0.1) is 6.58 Å². The number of benzene rings is 2. The van der Waals surface area contributed by atoms with Crippen LogP contribution in [0.4, 0.5) is 5.69 Å². The Balaban J connectivity index is 2.25. The molecule has 2 rings (SSSR count). The lowest BCUT2D eigenvalue weighted by Gasteiger charge is -2.11. The maximum absolute atomic E-state index is 12.4. The van der Waals surface area contributed by atoms with Gasteiger partial charge in [0.2, 0.25) is 10.0 Å². The molecule has 1 amide bonds. The summed E-state index contributed by atoms with van der Waals surface area (Å²) in [5, 5.41) is 2.70. The largest absolute Gasteiger partial charge is 0.495 e. The number of ether oxygens (including phenoxy) is 1. The van der Waals surface area contributed by atoms with Gasteiger partial charge in [0.05, 0.1) is 17.7 Å². The minimum Gasteiger partial charge on any atom is -0.495 e. The van der Waals surface area contributed by atoms with E-state index in [4.69, 9.17) is 4.74 Å². The summed E-state index contributed by atoms with van der Waals surface area (Å²) in [5.41, 5.74) is 0.727. The molecule has 0 aliphatic rings. The Morgan fingerprint density at radius 3 is 2.67 bits per heavy atom. The molecule has 6 nitrogen and oxygen atoms in total. The van der Waals surface area contributed by atoms with Crippen molar-refractivity contribution in [3.63, 3.8) is 0 Å². The van der Waals surface area contributed by atoms with E-state index in [0.717, 1.165) is 0 Å². The van der Waals surface area contributed by atoms with Crippen molar-refractivity contribution >= 4 is 21.6 Å². The van der Waals surface area contributed by atoms with Gasteiger partial charge in [0, 0.05) is 12.1 Å². The monoisotopic (exact) mass is 346 g/mol. The summed E-state index contributed by atoms with van der Waals surface area (Å²) >= 11 is 0. The van der Waals surface area contributed by atoms with Crippen LogP contribution in [0.15, 0.2) is 66.1 Å². The molecule has 0 spiro atoms. The summed E-state index contributed by atoms with van der Waals surface area (Å²) in [5.74, 6) is 0.0857. The van der Waals surface area contributed by atoms with Gasteiger partial charge < -0.3 is 10.1 Å². The van der Waals surface area contributed by atoms with E-state index in [-0.39, 0.29) is 17.0 Å². The molecule has 2 aromatic carbocycles. The van der Waals surface area contributed by atoms with Gasteiger partial charge in [-0.2, -0.15) is 0 Å². The first-order chi connectivity index (χ1) is 11.5. The van der Waals surface area contributed by atoms with Gasteiger partial charge in [0.1, 0.15) is 5.75 Å². The molecule has 2 N–H and O–H groups in total. The number of hydrogen-bond donors (Lipinski definition) is 2. The third kappa shape index (κ3) is 4.21. The summed E-state index contributed by atoms with van der Waals surface area (Å²) in [4.78, 5) is 12.4. The zero-order chi connectivity index (χ0) is 17.6. The second-order valence-electron chi connectivity index (χ2n) is 4.82. The number of nitrogens with one attached hydrogen (secondary N) is 2. The van der Waals surface area contributed by atoms with Crippen LogP contribution < -0.4 is 14.8 Å². The molecule has 0 fully saturated rings. The average molecular weight is 346 g/mol. The Labute approximate surface area is 141 Å². The number of sulfonamides is 1. The van der Waals surface area contributed by atoms with Crippen LogP contribution in [0.3, 0.4) is 0 Å². The van der Waals surface area contributed by atoms with E-state index in [9.17, 15) is 13.2 Å². The van der Waals surface area contributed by atoms with Crippen molar-refractivity contribution in [2.75, 3.05) is 19.0 Å². The molecule has 0 atom stereocenters. The number of carbonyl (C=O) groups excluding carboxylic acids is 1. The normalized spacial score (nSPS) is 10.9. The van der Waals surface area contributed by atoms with E-state index in [1.165, 1.54) is 37.5 Å². The molecule has 126 valence electrons. The van der Waals surface area contributed by atoms with Crippen molar-refractivity contribution in [2.24, 2.45) is 0 Å². The summed E-state index contributed by atoms with van der Waals surface area (Å²) in [6, 6.07) is 12.8. The van der Waals surface area contributed by atoms with Crippen molar-refractivity contribution in [2.45, 2.75) is 4.90 Å². The molecule has 24 heavy (non-hydrogen) atoms. The predicted octanol–water partition coefficient (Wildman–Crippen LogP) is 2.41. The molecule has 7 heteroatoms. The number of hydrogen-bond acceptors (Lipinski definition) is 4. The number of para-hydroxylation sites is 2. The van der Waals surface area contributed by atoms with Crippen molar-refractivity contribution < 1.29 is 17.9 Å². The summed E-state index contributed by atoms with van der Waals surface area (Å²) in [6.45, 7) is 3.57. The van der Waals surface area contributed by atoms with Gasteiger partial charge >= 0.3 is 0 Å². The molecular weight excluding hydrogens is 328 g/mol. The van der Waals surface area contributed by atoms with E-state index < -0.39 is 15.9 Å². The number of anilines is 1. The molecule has 0 unspecified atom stereocenters. The average Bonchev–Trinajstić information content (AvgIpc) is 2.60. The number of amides is 1. The summed E-state index contributed by atoms with van der Waals surface area (Å²) < 4.78 is 31.8. The highest BCUT2D eigenvalue weighted by molar-refractivity contribution is 7.89. The fraction of sp³-hybridized carbons (Fsp3) is 0.118. The SMILES string of the molecule is C=CCNS(=O)(=O)c1cccc(C(=O)Nc2ccccc2OC)c1. The van der Waals surface area contributed by atoms with Gasteiger partial charge in [0.25, 0.3) is 5.91 Å². The maximum Gasteiger partial charge on any atom is 0.255 e. The lowest BCUT2D eigenvalue weighted by atomic mass is 10.2. The van der Waals surface area contributed by atoms with Crippen LogP contribution in [-0.2, 0) is 10.0 Å². The van der Waals surface area contributed by atoms with Gasteiger partial charge in [0.15, 0.2) is 0 Å². The molecule has 0 bridgehead atoms. The smallest absolute Gasteiger partial charge is 0.255 e. The molecule has 0 saturated heterocycles. The summed E-state index contributed by atoms with van der Waals surface area (Å²) in [7, 11) is -2.19. The lowest BCUT2D eigenvalue weighted by molar-refractivity contribution is 0.102. The molecular formula is C17H18N2O4S. The van der Waals surface area contributed by atoms with E-state index in [1.807, 2.05) is 0 Å². The zero-order valence-electron chi connectivity index (χ0n) is 13.2. The van der Waals surface area contributed by atoms with Crippen molar-refractivity contribution in [1.82, 2.24) is 4.72 Å². The van der Waals surface area contributed by atoms with Crippen LogP contribution in [0, 0.1) is 0 Å². The van der Waals surface area contributed by atoms with Gasteiger partial charge in [-0.05, 0) is 30.3 Å². The van der Waals surface area contributed by atoms with Crippen molar-refractivity contribution in [1.29, 1.82) is 0 Å². The Bertz CT molecular complexity index is 847. The van der Waals surface area contributed by atoms with E-state index in [0.29, 0.717) is 11.4 Å². The Morgan fingerprint density at radius 2 is 1.96 bits per heavy atom. The first-order valence-corrected chi connectivity index (χ1v) is 8.61. The Morgan fingerprint density at radius 1 is 1.21 bits per heavy atom. The minimum absolute atomic E-state index is 0.0111. The molecule has 2 aromatic rings. The maximum atomic E-state index is 12.4. The van der Waals surface area contributed by atoms with Gasteiger partial charge in [-0.1, -0.05) is 24.3 Å². The van der Waals surface area contributed by atoms with Crippen molar-refractivity contribution in [3.05, 3.63) is 66.7 Å². The van der Waals surface area contributed by atoms with Crippen LogP contribution in [0.2, 0.25) is 0 Å². The topological polar surface area (TPSA) is 84.5 Å². The first-order valence-electron chi connectivity index (χ1n) is 7.13. The Kier molecular flexibility index (Phi) is 5.73. The second kappa shape index (κ2) is 7.76. The lowest BCUT2D eigenvalue weighted by Crippen LogP contribution is -2.24. The standard InChI is InChI=1S/C17H18N2O4S/c1-3-11-18-24(21,22)14-8-6-7-13(12-14)17(20)19-15-9-4-5-10-16(15)23-2/h3-10,12,18H,1,11H2,2H3,(H,19,20).